The maximum Gasteiger partial charge on any atom is 0.224 e. The summed E-state index contributed by atoms with van der Waals surface area (Å²) in [4.78, 5) is 19.1. The van der Waals surface area contributed by atoms with Crippen molar-refractivity contribution in [3.8, 4) is 11.5 Å². The molecule has 0 spiro atoms. The van der Waals surface area contributed by atoms with Crippen LogP contribution in [-0.4, -0.2) is 48.2 Å². The Morgan fingerprint density at radius 3 is 2.60 bits per heavy atom. The molecule has 2 aromatic heterocycles. The highest BCUT2D eigenvalue weighted by molar-refractivity contribution is 5.79. The predicted molar refractivity (Wildman–Crippen MR) is 119 cm³/mol. The van der Waals surface area contributed by atoms with Crippen LogP contribution in [0.4, 0.5) is 0 Å². The zero-order valence-corrected chi connectivity index (χ0v) is 18.5. The Bertz CT molecular complexity index is 1010. The van der Waals surface area contributed by atoms with Gasteiger partial charge in [-0.05, 0) is 48.2 Å². The molecular weight excluding hydrogens is 378 g/mol. The molecule has 6 heteroatoms. The van der Waals surface area contributed by atoms with Gasteiger partial charge in [0.15, 0.2) is 11.5 Å². The number of amides is 1. The molecule has 0 saturated heterocycles. The average molecular weight is 410 g/mol. The molecule has 0 saturated carbocycles. The number of fused-ring (bicyclic) bond motifs is 1. The fourth-order valence-electron chi connectivity index (χ4n) is 3.68. The first kappa shape index (κ1) is 21.7. The van der Waals surface area contributed by atoms with Gasteiger partial charge in [-0.25, -0.2) is 4.98 Å². The van der Waals surface area contributed by atoms with Gasteiger partial charge in [-0.15, -0.1) is 0 Å². The van der Waals surface area contributed by atoms with Crippen LogP contribution in [0.3, 0.4) is 0 Å². The summed E-state index contributed by atoms with van der Waals surface area (Å²) in [5.74, 6) is 1.91. The Labute approximate surface area is 178 Å². The third kappa shape index (κ3) is 4.75. The summed E-state index contributed by atoms with van der Waals surface area (Å²) in [6.07, 6.45) is 3.01. The SMILES string of the molecule is COc1ccc(CCN(C)C(=O)CCn2c(C(C)C)cc3cccnc32)cc1OC. The molecular formula is C24H31N3O3. The molecule has 160 valence electrons. The molecule has 0 radical (unpaired) electrons. The van der Waals surface area contributed by atoms with Gasteiger partial charge in [0.25, 0.3) is 0 Å². The minimum atomic E-state index is 0.128. The van der Waals surface area contributed by atoms with Gasteiger partial charge in [0.1, 0.15) is 5.65 Å². The van der Waals surface area contributed by atoms with Gasteiger partial charge in [-0.2, -0.15) is 0 Å². The third-order valence-electron chi connectivity index (χ3n) is 5.44. The molecule has 2 heterocycles. The van der Waals surface area contributed by atoms with Crippen LogP contribution < -0.4 is 9.47 Å². The van der Waals surface area contributed by atoms with Crippen molar-refractivity contribution < 1.29 is 14.3 Å². The quantitative estimate of drug-likeness (QED) is 0.530. The van der Waals surface area contributed by atoms with E-state index < -0.39 is 0 Å². The molecule has 0 atom stereocenters. The summed E-state index contributed by atoms with van der Waals surface area (Å²) in [5, 5.41) is 1.12. The number of benzene rings is 1. The van der Waals surface area contributed by atoms with Crippen LogP contribution in [0.25, 0.3) is 11.0 Å². The lowest BCUT2D eigenvalue weighted by Gasteiger charge is -2.19. The molecule has 30 heavy (non-hydrogen) atoms. The molecule has 0 bridgehead atoms. The first-order valence-corrected chi connectivity index (χ1v) is 10.3. The number of aryl methyl sites for hydroxylation is 1. The van der Waals surface area contributed by atoms with Gasteiger partial charge in [0, 0.05) is 43.8 Å². The van der Waals surface area contributed by atoms with Gasteiger partial charge >= 0.3 is 0 Å². The van der Waals surface area contributed by atoms with Crippen LogP contribution in [-0.2, 0) is 17.8 Å². The van der Waals surface area contributed by atoms with E-state index in [-0.39, 0.29) is 5.91 Å². The van der Waals surface area contributed by atoms with Crippen LogP contribution in [0.5, 0.6) is 11.5 Å². The standard InChI is InChI=1S/C24H31N3O3/c1-17(2)20-16-19-7-6-12-25-24(19)27(20)14-11-23(28)26(3)13-10-18-8-9-21(29-4)22(15-18)30-5/h6-9,12,15-17H,10-11,13-14H2,1-5H3. The Morgan fingerprint density at radius 1 is 1.13 bits per heavy atom. The second-order valence-electron chi connectivity index (χ2n) is 7.80. The zero-order valence-electron chi connectivity index (χ0n) is 18.5. The van der Waals surface area contributed by atoms with Crippen molar-refractivity contribution in [1.29, 1.82) is 0 Å². The first-order valence-electron chi connectivity index (χ1n) is 10.3. The third-order valence-corrected chi connectivity index (χ3v) is 5.44. The molecule has 3 rings (SSSR count). The van der Waals surface area contributed by atoms with Gasteiger partial charge in [-0.1, -0.05) is 19.9 Å². The lowest BCUT2D eigenvalue weighted by Crippen LogP contribution is -2.29. The molecule has 0 unspecified atom stereocenters. The van der Waals surface area contributed by atoms with E-state index in [0.29, 0.717) is 36.9 Å². The van der Waals surface area contributed by atoms with E-state index in [1.807, 2.05) is 31.3 Å². The molecule has 1 aromatic carbocycles. The Morgan fingerprint density at radius 2 is 1.90 bits per heavy atom. The highest BCUT2D eigenvalue weighted by atomic mass is 16.5. The van der Waals surface area contributed by atoms with E-state index in [2.05, 4.69) is 35.5 Å². The van der Waals surface area contributed by atoms with Crippen molar-refractivity contribution in [1.82, 2.24) is 14.5 Å². The summed E-state index contributed by atoms with van der Waals surface area (Å²) in [6.45, 7) is 5.62. The lowest BCUT2D eigenvalue weighted by atomic mass is 10.1. The largest absolute Gasteiger partial charge is 0.493 e. The smallest absolute Gasteiger partial charge is 0.224 e. The molecule has 0 aliphatic carbocycles. The zero-order chi connectivity index (χ0) is 21.7. The number of methoxy groups -OCH3 is 2. The lowest BCUT2D eigenvalue weighted by molar-refractivity contribution is -0.130. The van der Waals surface area contributed by atoms with E-state index >= 15 is 0 Å². The Hall–Kier alpha value is -3.02. The van der Waals surface area contributed by atoms with Crippen LogP contribution in [0, 0.1) is 0 Å². The van der Waals surface area contributed by atoms with Gasteiger partial charge in [-0.3, -0.25) is 4.79 Å². The van der Waals surface area contributed by atoms with E-state index in [4.69, 9.17) is 9.47 Å². The van der Waals surface area contributed by atoms with E-state index in [1.54, 1.807) is 25.3 Å². The Balaban J connectivity index is 1.62. The molecule has 6 nitrogen and oxygen atoms in total. The van der Waals surface area contributed by atoms with Crippen molar-refractivity contribution in [2.75, 3.05) is 27.8 Å². The van der Waals surface area contributed by atoms with E-state index in [0.717, 1.165) is 23.0 Å². The topological polar surface area (TPSA) is 56.6 Å². The number of likely N-dealkylation sites (N-methyl/N-ethyl adjacent to an activating group) is 1. The number of nitrogens with zero attached hydrogens (tertiary/aromatic N) is 3. The van der Waals surface area contributed by atoms with Crippen molar-refractivity contribution in [2.24, 2.45) is 0 Å². The van der Waals surface area contributed by atoms with E-state index in [9.17, 15) is 4.79 Å². The van der Waals surface area contributed by atoms with Crippen molar-refractivity contribution in [2.45, 2.75) is 39.2 Å². The van der Waals surface area contributed by atoms with Crippen LogP contribution in [0.15, 0.2) is 42.6 Å². The van der Waals surface area contributed by atoms with Crippen LogP contribution >= 0.6 is 0 Å². The monoisotopic (exact) mass is 409 g/mol. The summed E-state index contributed by atoms with van der Waals surface area (Å²) in [5.41, 5.74) is 3.27. The number of rotatable bonds is 9. The second kappa shape index (κ2) is 9.65. The average Bonchev–Trinajstić information content (AvgIpc) is 3.14. The number of hydrogen-bond donors (Lipinski definition) is 0. The molecule has 0 N–H and O–H groups in total. The number of carbonyl (C=O) groups excluding carboxylic acids is 1. The van der Waals surface area contributed by atoms with Crippen LogP contribution in [0.1, 0.15) is 37.4 Å². The highest BCUT2D eigenvalue weighted by Gasteiger charge is 2.15. The predicted octanol–water partition coefficient (Wildman–Crippen LogP) is 4.27. The van der Waals surface area contributed by atoms with Crippen LogP contribution in [0.2, 0.25) is 0 Å². The number of carbonyl (C=O) groups is 1. The first-order chi connectivity index (χ1) is 14.4. The minimum absolute atomic E-state index is 0.128. The maximum absolute atomic E-state index is 12.7. The summed E-state index contributed by atoms with van der Waals surface area (Å²) >= 11 is 0. The van der Waals surface area contributed by atoms with Gasteiger partial charge in [0.2, 0.25) is 5.91 Å². The number of ether oxygens (including phenoxy) is 2. The molecule has 0 aliphatic rings. The van der Waals surface area contributed by atoms with Crippen molar-refractivity contribution in [3.63, 3.8) is 0 Å². The van der Waals surface area contributed by atoms with Gasteiger partial charge < -0.3 is 18.9 Å². The molecule has 0 aliphatic heterocycles. The number of pyridine rings is 1. The fraction of sp³-hybridized carbons (Fsp3) is 0.417. The summed E-state index contributed by atoms with van der Waals surface area (Å²) in [6, 6.07) is 12.1. The number of hydrogen-bond acceptors (Lipinski definition) is 4. The Kier molecular flexibility index (Phi) is 6.98. The minimum Gasteiger partial charge on any atom is -0.493 e. The van der Waals surface area contributed by atoms with Crippen molar-refractivity contribution >= 4 is 16.9 Å². The second-order valence-corrected chi connectivity index (χ2v) is 7.80. The molecule has 3 aromatic rings. The fourth-order valence-corrected chi connectivity index (χ4v) is 3.68. The summed E-state index contributed by atoms with van der Waals surface area (Å²) < 4.78 is 12.8. The van der Waals surface area contributed by atoms with Gasteiger partial charge in [0.05, 0.1) is 14.2 Å². The normalized spacial score (nSPS) is 11.1. The van der Waals surface area contributed by atoms with E-state index in [1.165, 1.54) is 5.69 Å². The summed E-state index contributed by atoms with van der Waals surface area (Å²) in [7, 11) is 5.11. The molecule has 0 fully saturated rings. The van der Waals surface area contributed by atoms with Crippen molar-refractivity contribution in [3.05, 3.63) is 53.9 Å². The highest BCUT2D eigenvalue weighted by Crippen LogP contribution is 2.28. The molecule has 1 amide bonds. The number of aromatic nitrogens is 2. The maximum atomic E-state index is 12.7.